The Morgan fingerprint density at radius 3 is 2.28 bits per heavy atom. The quantitative estimate of drug-likeness (QED) is 0.213. The fourth-order valence-corrected chi connectivity index (χ4v) is 7.70. The number of para-hydroxylation sites is 1. The molecule has 0 atom stereocenters. The van der Waals surface area contributed by atoms with Gasteiger partial charge >= 0.3 is 0 Å². The molecule has 0 spiro atoms. The van der Waals surface area contributed by atoms with Crippen LogP contribution < -0.4 is 5.46 Å². The van der Waals surface area contributed by atoms with Gasteiger partial charge in [-0.25, -0.2) is 0 Å². The molecule has 0 N–H and O–H groups in total. The summed E-state index contributed by atoms with van der Waals surface area (Å²) >= 11 is 1.90. The minimum absolute atomic E-state index is 0.0230. The van der Waals surface area contributed by atoms with Gasteiger partial charge in [-0.2, -0.15) is 0 Å². The fraction of sp³-hybridized carbons (Fsp3) is 0.0909. The van der Waals surface area contributed by atoms with E-state index in [4.69, 9.17) is 0 Å². The molecule has 1 aliphatic carbocycles. The highest BCUT2D eigenvalue weighted by atomic mass is 32.1. The largest absolute Gasteiger partial charge is 0.309 e. The second-order valence-corrected chi connectivity index (χ2v) is 11.7. The van der Waals surface area contributed by atoms with Crippen LogP contribution in [0.2, 0.25) is 0 Å². The Morgan fingerprint density at radius 2 is 1.39 bits per heavy atom. The predicted molar refractivity (Wildman–Crippen MR) is 159 cm³/mol. The number of nitrogens with zero attached hydrogens (tertiary/aromatic N) is 1. The lowest BCUT2D eigenvalue weighted by atomic mass is 9.82. The van der Waals surface area contributed by atoms with Crippen molar-refractivity contribution >= 4 is 66.6 Å². The Bertz CT molecular complexity index is 2040. The molecule has 5 aromatic carbocycles. The van der Waals surface area contributed by atoms with Gasteiger partial charge in [-0.3, -0.25) is 0 Å². The van der Waals surface area contributed by atoms with E-state index in [1.54, 1.807) is 0 Å². The third kappa shape index (κ3) is 2.51. The Kier molecular flexibility index (Phi) is 3.91. The summed E-state index contributed by atoms with van der Waals surface area (Å²) in [6.07, 6.45) is 0. The van der Waals surface area contributed by atoms with Gasteiger partial charge in [-0.05, 0) is 58.7 Å². The highest BCUT2D eigenvalue weighted by Gasteiger charge is 2.36. The monoisotopic (exact) mass is 477 g/mol. The van der Waals surface area contributed by atoms with Crippen LogP contribution in [-0.2, 0) is 5.41 Å². The maximum absolute atomic E-state index is 2.49. The van der Waals surface area contributed by atoms with Crippen LogP contribution >= 0.6 is 11.3 Å². The SMILES string of the molecule is Bc1cc(-n2c3ccccc3c3cc4c(cc32)C(C)(C)c2ccccc2-4)cc2c1sc1ccccc12. The average molecular weight is 477 g/mol. The molecular formula is C33H24BNS. The second-order valence-electron chi connectivity index (χ2n) is 10.7. The topological polar surface area (TPSA) is 4.93 Å². The third-order valence-electron chi connectivity index (χ3n) is 8.28. The summed E-state index contributed by atoms with van der Waals surface area (Å²) in [6, 6.07) is 36.3. The van der Waals surface area contributed by atoms with E-state index in [9.17, 15) is 0 Å². The van der Waals surface area contributed by atoms with E-state index < -0.39 is 0 Å². The lowest BCUT2D eigenvalue weighted by Crippen LogP contribution is -2.15. The molecule has 0 aliphatic heterocycles. The molecule has 0 radical (unpaired) electrons. The van der Waals surface area contributed by atoms with E-state index in [0.717, 1.165) is 0 Å². The Balaban J connectivity index is 1.51. The predicted octanol–water partition coefficient (Wildman–Crippen LogP) is 7.72. The van der Waals surface area contributed by atoms with Crippen LogP contribution in [0, 0.1) is 0 Å². The summed E-state index contributed by atoms with van der Waals surface area (Å²) in [4.78, 5) is 0. The molecule has 0 amide bonds. The zero-order valence-corrected chi connectivity index (χ0v) is 21.4. The maximum Gasteiger partial charge on any atom is 0.141 e. The van der Waals surface area contributed by atoms with Crippen molar-refractivity contribution in [1.29, 1.82) is 0 Å². The Morgan fingerprint density at radius 1 is 0.639 bits per heavy atom. The van der Waals surface area contributed by atoms with Crippen LogP contribution in [0.25, 0.3) is 58.8 Å². The lowest BCUT2D eigenvalue weighted by Gasteiger charge is -2.21. The molecule has 2 aromatic heterocycles. The first-order chi connectivity index (χ1) is 17.5. The molecule has 1 aliphatic rings. The Hall–Kier alpha value is -3.82. The van der Waals surface area contributed by atoms with Crippen molar-refractivity contribution in [2.24, 2.45) is 0 Å². The van der Waals surface area contributed by atoms with E-state index in [2.05, 4.69) is 123 Å². The van der Waals surface area contributed by atoms with Crippen molar-refractivity contribution in [2.75, 3.05) is 0 Å². The highest BCUT2D eigenvalue weighted by Crippen LogP contribution is 2.51. The average Bonchev–Trinajstić information content (AvgIpc) is 3.50. The summed E-state index contributed by atoms with van der Waals surface area (Å²) in [5, 5.41) is 5.33. The van der Waals surface area contributed by atoms with Crippen LogP contribution in [-0.4, -0.2) is 12.4 Å². The summed E-state index contributed by atoms with van der Waals surface area (Å²) in [5.74, 6) is 0. The van der Waals surface area contributed by atoms with Crippen LogP contribution in [0.3, 0.4) is 0 Å². The van der Waals surface area contributed by atoms with E-state index in [-0.39, 0.29) is 5.41 Å². The van der Waals surface area contributed by atoms with Crippen LogP contribution in [0.4, 0.5) is 0 Å². The minimum atomic E-state index is -0.0230. The summed E-state index contributed by atoms with van der Waals surface area (Å²) in [5.41, 5.74) is 10.7. The van der Waals surface area contributed by atoms with Gasteiger partial charge in [0.2, 0.25) is 0 Å². The number of fused-ring (bicyclic) bond motifs is 9. The number of benzene rings is 5. The van der Waals surface area contributed by atoms with Crippen molar-refractivity contribution in [3.05, 3.63) is 108 Å². The van der Waals surface area contributed by atoms with Gasteiger partial charge in [0, 0.05) is 42.0 Å². The van der Waals surface area contributed by atoms with Gasteiger partial charge in [0.25, 0.3) is 0 Å². The number of rotatable bonds is 1. The summed E-state index contributed by atoms with van der Waals surface area (Å²) < 4.78 is 5.23. The molecule has 3 heteroatoms. The normalized spacial score (nSPS) is 14.2. The standard InChI is InChI=1S/C33H24BNS/c1-33(2)26-12-6-3-9-20(26)23-17-24-21-10-4-7-13-29(21)35(30(24)18-27(23)33)19-15-25-22-11-5-8-14-31(22)36-32(25)28(34)16-19/h3-18H,34H2,1-2H3. The zero-order chi connectivity index (χ0) is 24.2. The van der Waals surface area contributed by atoms with Gasteiger partial charge in [0.15, 0.2) is 0 Å². The van der Waals surface area contributed by atoms with Crippen LogP contribution in [0.5, 0.6) is 0 Å². The smallest absolute Gasteiger partial charge is 0.141 e. The lowest BCUT2D eigenvalue weighted by molar-refractivity contribution is 0.661. The zero-order valence-electron chi connectivity index (χ0n) is 20.6. The first-order valence-corrected chi connectivity index (χ1v) is 13.4. The van der Waals surface area contributed by atoms with Crippen molar-refractivity contribution in [1.82, 2.24) is 4.57 Å². The molecule has 0 saturated carbocycles. The van der Waals surface area contributed by atoms with Crippen molar-refractivity contribution in [3.8, 4) is 16.8 Å². The Labute approximate surface area is 215 Å². The highest BCUT2D eigenvalue weighted by molar-refractivity contribution is 7.26. The van der Waals surface area contributed by atoms with E-state index >= 15 is 0 Å². The van der Waals surface area contributed by atoms with Gasteiger partial charge < -0.3 is 4.57 Å². The molecule has 2 heterocycles. The molecule has 0 bridgehead atoms. The fourth-order valence-electron chi connectivity index (χ4n) is 6.55. The minimum Gasteiger partial charge on any atom is -0.309 e. The summed E-state index contributed by atoms with van der Waals surface area (Å²) in [7, 11) is 2.26. The van der Waals surface area contributed by atoms with E-state index in [0.29, 0.717) is 0 Å². The van der Waals surface area contributed by atoms with E-state index in [1.165, 1.54) is 75.4 Å². The number of aromatic nitrogens is 1. The van der Waals surface area contributed by atoms with Gasteiger partial charge in [0.05, 0.1) is 11.0 Å². The molecule has 1 nitrogen and oxygen atoms in total. The molecular weight excluding hydrogens is 453 g/mol. The van der Waals surface area contributed by atoms with Gasteiger partial charge in [-0.15, -0.1) is 11.3 Å². The molecule has 0 unspecified atom stereocenters. The summed E-state index contributed by atoms with van der Waals surface area (Å²) in [6.45, 7) is 4.73. The molecule has 8 rings (SSSR count). The first kappa shape index (κ1) is 20.4. The first-order valence-electron chi connectivity index (χ1n) is 12.6. The molecule has 36 heavy (non-hydrogen) atoms. The number of thiophene rings is 1. The third-order valence-corrected chi connectivity index (χ3v) is 9.60. The van der Waals surface area contributed by atoms with Crippen LogP contribution in [0.1, 0.15) is 25.0 Å². The molecule has 7 aromatic rings. The number of hydrogen-bond acceptors (Lipinski definition) is 1. The molecule has 0 fully saturated rings. The molecule has 0 saturated heterocycles. The van der Waals surface area contributed by atoms with Gasteiger partial charge in [-0.1, -0.05) is 80.0 Å². The van der Waals surface area contributed by atoms with Crippen molar-refractivity contribution in [2.45, 2.75) is 19.3 Å². The van der Waals surface area contributed by atoms with Gasteiger partial charge in [0.1, 0.15) is 7.85 Å². The van der Waals surface area contributed by atoms with Crippen molar-refractivity contribution < 1.29 is 0 Å². The number of hydrogen-bond donors (Lipinski definition) is 0. The van der Waals surface area contributed by atoms with Crippen LogP contribution in [0.15, 0.2) is 97.1 Å². The van der Waals surface area contributed by atoms with E-state index in [1.807, 2.05) is 11.3 Å². The second kappa shape index (κ2) is 6.90. The van der Waals surface area contributed by atoms with Crippen molar-refractivity contribution in [3.63, 3.8) is 0 Å². The molecule has 170 valence electrons. The maximum atomic E-state index is 2.49.